The quantitative estimate of drug-likeness (QED) is 0.692. The summed E-state index contributed by atoms with van der Waals surface area (Å²) in [5, 5.41) is 5.46. The molecule has 6 heteroatoms. The molecule has 1 heterocycles. The molecule has 3 aromatic rings. The van der Waals surface area contributed by atoms with Crippen molar-refractivity contribution in [2.24, 2.45) is 0 Å². The average Bonchev–Trinajstić information content (AvgIpc) is 2.72. The Morgan fingerprint density at radius 2 is 1.39 bits per heavy atom. The summed E-state index contributed by atoms with van der Waals surface area (Å²) in [5.74, 6) is -1.13. The van der Waals surface area contributed by atoms with Crippen molar-refractivity contribution in [3.63, 3.8) is 0 Å². The molecular weight excluding hydrogens is 357 g/mol. The number of aromatic nitrogens is 1. The van der Waals surface area contributed by atoms with Crippen LogP contribution in [0.1, 0.15) is 37.4 Å². The number of hydrogen-bond donors (Lipinski definition) is 2. The van der Waals surface area contributed by atoms with Crippen LogP contribution in [0, 0.1) is 12.7 Å². The van der Waals surface area contributed by atoms with Gasteiger partial charge < -0.3 is 10.6 Å². The normalized spacial score (nSPS) is 10.4. The van der Waals surface area contributed by atoms with Crippen molar-refractivity contribution in [2.75, 3.05) is 0 Å². The molecule has 0 atom stereocenters. The van der Waals surface area contributed by atoms with Crippen LogP contribution < -0.4 is 10.6 Å². The van der Waals surface area contributed by atoms with Crippen molar-refractivity contribution < 1.29 is 14.0 Å². The average molecular weight is 377 g/mol. The van der Waals surface area contributed by atoms with Crippen LogP contribution in [0.2, 0.25) is 0 Å². The monoisotopic (exact) mass is 377 g/mol. The Balaban J connectivity index is 1.62. The van der Waals surface area contributed by atoms with Crippen LogP contribution in [0.15, 0.2) is 67.0 Å². The number of carbonyl (C=O) groups excluding carboxylic acids is 2. The number of nitrogens with zero attached hydrogens (tertiary/aromatic N) is 1. The number of pyridine rings is 1. The molecule has 0 radical (unpaired) electrons. The Bertz CT molecular complexity index is 928. The summed E-state index contributed by atoms with van der Waals surface area (Å²) >= 11 is 0. The van der Waals surface area contributed by atoms with Crippen molar-refractivity contribution in [3.05, 3.63) is 101 Å². The molecule has 0 bridgehead atoms. The number of halogens is 1. The van der Waals surface area contributed by atoms with Gasteiger partial charge >= 0.3 is 0 Å². The standard InChI is InChI=1S/C22H20FN3O2/c1-15-6-2-3-7-16(15)13-25-21(27)18-10-19(12-24-11-18)22(28)26-14-17-8-4-5-9-20(17)23/h2-12H,13-14H2,1H3,(H,25,27)(H,26,28). The van der Waals surface area contributed by atoms with Crippen LogP contribution in [0.5, 0.6) is 0 Å². The van der Waals surface area contributed by atoms with Crippen LogP contribution in [0.3, 0.4) is 0 Å². The molecule has 2 N–H and O–H groups in total. The van der Waals surface area contributed by atoms with E-state index in [2.05, 4.69) is 15.6 Å². The molecule has 2 amide bonds. The number of carbonyl (C=O) groups is 2. The van der Waals surface area contributed by atoms with Gasteiger partial charge in [-0.3, -0.25) is 14.6 Å². The summed E-state index contributed by atoms with van der Waals surface area (Å²) in [7, 11) is 0. The first-order valence-corrected chi connectivity index (χ1v) is 8.84. The topological polar surface area (TPSA) is 71.1 Å². The molecule has 5 nitrogen and oxygen atoms in total. The third-order valence-corrected chi connectivity index (χ3v) is 4.36. The molecule has 3 rings (SSSR count). The van der Waals surface area contributed by atoms with Gasteiger partial charge in [0.25, 0.3) is 11.8 Å². The molecule has 0 fully saturated rings. The molecule has 0 aliphatic carbocycles. The Morgan fingerprint density at radius 1 is 0.857 bits per heavy atom. The molecule has 0 spiro atoms. The van der Waals surface area contributed by atoms with Crippen LogP contribution in [-0.4, -0.2) is 16.8 Å². The third kappa shape index (κ3) is 4.79. The van der Waals surface area contributed by atoms with Gasteiger partial charge in [-0.1, -0.05) is 42.5 Å². The molecule has 0 aliphatic heterocycles. The fourth-order valence-corrected chi connectivity index (χ4v) is 2.69. The van der Waals surface area contributed by atoms with Crippen molar-refractivity contribution in [3.8, 4) is 0 Å². The molecule has 0 aliphatic rings. The maximum absolute atomic E-state index is 13.6. The molecule has 142 valence electrons. The highest BCUT2D eigenvalue weighted by Crippen LogP contribution is 2.09. The van der Waals surface area contributed by atoms with E-state index in [4.69, 9.17) is 0 Å². The number of hydrogen-bond acceptors (Lipinski definition) is 3. The number of amides is 2. The van der Waals surface area contributed by atoms with Gasteiger partial charge in [-0.2, -0.15) is 0 Å². The van der Waals surface area contributed by atoms with Gasteiger partial charge in [-0.15, -0.1) is 0 Å². The Morgan fingerprint density at radius 3 is 2.00 bits per heavy atom. The Labute approximate surface area is 162 Å². The van der Waals surface area contributed by atoms with E-state index in [1.165, 1.54) is 24.5 Å². The molecule has 0 saturated carbocycles. The molecule has 0 saturated heterocycles. The minimum Gasteiger partial charge on any atom is -0.348 e. The van der Waals surface area contributed by atoms with Gasteiger partial charge in [0, 0.05) is 31.0 Å². The largest absolute Gasteiger partial charge is 0.348 e. The molecule has 0 unspecified atom stereocenters. The van der Waals surface area contributed by atoms with E-state index < -0.39 is 5.91 Å². The lowest BCUT2D eigenvalue weighted by Gasteiger charge is -2.09. The number of nitrogens with one attached hydrogen (secondary N) is 2. The summed E-state index contributed by atoms with van der Waals surface area (Å²) in [6.07, 6.45) is 2.77. The van der Waals surface area contributed by atoms with Gasteiger partial charge in [0.1, 0.15) is 5.82 Å². The lowest BCUT2D eigenvalue weighted by Crippen LogP contribution is -2.26. The summed E-state index contributed by atoms with van der Waals surface area (Å²) < 4.78 is 13.6. The summed E-state index contributed by atoms with van der Waals surface area (Å²) in [6.45, 7) is 2.41. The van der Waals surface area contributed by atoms with Crippen LogP contribution in [0.4, 0.5) is 4.39 Å². The highest BCUT2D eigenvalue weighted by atomic mass is 19.1. The maximum atomic E-state index is 13.6. The zero-order chi connectivity index (χ0) is 19.9. The van der Waals surface area contributed by atoms with Crippen LogP contribution in [-0.2, 0) is 13.1 Å². The van der Waals surface area contributed by atoms with Gasteiger partial charge in [0.2, 0.25) is 0 Å². The van der Waals surface area contributed by atoms with Crippen LogP contribution in [0.25, 0.3) is 0 Å². The molecule has 1 aromatic heterocycles. The lowest BCUT2D eigenvalue weighted by atomic mass is 10.1. The Kier molecular flexibility index (Phi) is 6.11. The highest BCUT2D eigenvalue weighted by molar-refractivity contribution is 5.99. The second-order valence-corrected chi connectivity index (χ2v) is 6.35. The fraction of sp³-hybridized carbons (Fsp3) is 0.136. The Hall–Kier alpha value is -3.54. The minimum absolute atomic E-state index is 0.0508. The predicted octanol–water partition coefficient (Wildman–Crippen LogP) is 3.39. The second kappa shape index (κ2) is 8.90. The van der Waals surface area contributed by atoms with Gasteiger partial charge in [-0.25, -0.2) is 4.39 Å². The highest BCUT2D eigenvalue weighted by Gasteiger charge is 2.12. The summed E-state index contributed by atoms with van der Waals surface area (Å²) in [6, 6.07) is 15.5. The second-order valence-electron chi connectivity index (χ2n) is 6.35. The van der Waals surface area contributed by atoms with Gasteiger partial charge in [0.15, 0.2) is 0 Å². The van der Waals surface area contributed by atoms with E-state index in [-0.39, 0.29) is 29.4 Å². The van der Waals surface area contributed by atoms with Crippen molar-refractivity contribution in [2.45, 2.75) is 20.0 Å². The summed E-state index contributed by atoms with van der Waals surface area (Å²) in [5.41, 5.74) is 3.01. The van der Waals surface area contributed by atoms with Gasteiger partial charge in [0.05, 0.1) is 11.1 Å². The van der Waals surface area contributed by atoms with E-state index in [0.29, 0.717) is 12.1 Å². The molecule has 28 heavy (non-hydrogen) atoms. The first-order chi connectivity index (χ1) is 13.5. The van der Waals surface area contributed by atoms with Crippen LogP contribution >= 0.6 is 0 Å². The van der Waals surface area contributed by atoms with Gasteiger partial charge in [-0.05, 0) is 30.2 Å². The maximum Gasteiger partial charge on any atom is 0.253 e. The predicted molar refractivity (Wildman–Crippen MR) is 104 cm³/mol. The molecular formula is C22H20FN3O2. The number of benzene rings is 2. The summed E-state index contributed by atoms with van der Waals surface area (Å²) in [4.78, 5) is 28.7. The SMILES string of the molecule is Cc1ccccc1CNC(=O)c1cncc(C(=O)NCc2ccccc2F)c1. The fourth-order valence-electron chi connectivity index (χ4n) is 2.69. The van der Waals surface area contributed by atoms with Crippen molar-refractivity contribution in [1.29, 1.82) is 0 Å². The minimum atomic E-state index is -0.427. The van der Waals surface area contributed by atoms with E-state index in [1.807, 2.05) is 31.2 Å². The third-order valence-electron chi connectivity index (χ3n) is 4.36. The van der Waals surface area contributed by atoms with E-state index in [1.54, 1.807) is 18.2 Å². The van der Waals surface area contributed by atoms with Crippen molar-refractivity contribution >= 4 is 11.8 Å². The zero-order valence-electron chi connectivity index (χ0n) is 15.4. The van der Waals surface area contributed by atoms with E-state index >= 15 is 0 Å². The zero-order valence-corrected chi connectivity index (χ0v) is 15.4. The number of rotatable bonds is 6. The van der Waals surface area contributed by atoms with E-state index in [9.17, 15) is 14.0 Å². The number of aryl methyl sites for hydroxylation is 1. The first-order valence-electron chi connectivity index (χ1n) is 8.84. The first kappa shape index (κ1) is 19.2. The van der Waals surface area contributed by atoms with E-state index in [0.717, 1.165) is 11.1 Å². The lowest BCUT2D eigenvalue weighted by molar-refractivity contribution is 0.0950. The molecule has 2 aromatic carbocycles. The smallest absolute Gasteiger partial charge is 0.253 e. The van der Waals surface area contributed by atoms with Crippen molar-refractivity contribution in [1.82, 2.24) is 15.6 Å².